The number of hydrogen-bond donors (Lipinski definition) is 0. The van der Waals surface area contributed by atoms with E-state index in [-0.39, 0.29) is 5.78 Å². The predicted octanol–water partition coefficient (Wildman–Crippen LogP) is 3.63. The maximum atomic E-state index is 12.5. The SMILES string of the molecule is COc1cc(OC)c(OC)cc1/C=C/C(=O)c1ccc(OC)c(OC)c1. The maximum Gasteiger partial charge on any atom is 0.185 e. The molecule has 0 spiro atoms. The summed E-state index contributed by atoms with van der Waals surface area (Å²) in [6.07, 6.45) is 3.13. The molecule has 0 N–H and O–H groups in total. The van der Waals surface area contributed by atoms with E-state index in [1.807, 2.05) is 0 Å². The van der Waals surface area contributed by atoms with Crippen LogP contribution in [0.15, 0.2) is 36.4 Å². The minimum atomic E-state index is -0.178. The van der Waals surface area contributed by atoms with Crippen LogP contribution in [0.1, 0.15) is 15.9 Å². The standard InChI is InChI=1S/C20H22O6/c1-22-16-9-7-13(10-18(16)24-3)15(21)8-6-14-11-19(25-4)20(26-5)12-17(14)23-2/h6-12H,1-5H3/b8-6+. The van der Waals surface area contributed by atoms with Crippen LogP contribution in [0.4, 0.5) is 0 Å². The summed E-state index contributed by atoms with van der Waals surface area (Å²) in [7, 11) is 7.72. The van der Waals surface area contributed by atoms with Crippen molar-refractivity contribution in [1.82, 2.24) is 0 Å². The van der Waals surface area contributed by atoms with Crippen molar-refractivity contribution < 1.29 is 28.5 Å². The first-order valence-corrected chi connectivity index (χ1v) is 7.82. The first-order chi connectivity index (χ1) is 12.6. The molecule has 0 aliphatic heterocycles. The van der Waals surface area contributed by atoms with Gasteiger partial charge in [-0.3, -0.25) is 4.79 Å². The minimum Gasteiger partial charge on any atom is -0.496 e. The van der Waals surface area contributed by atoms with E-state index in [9.17, 15) is 4.79 Å². The molecule has 6 heteroatoms. The molecule has 0 aliphatic rings. The lowest BCUT2D eigenvalue weighted by atomic mass is 10.1. The molecular weight excluding hydrogens is 336 g/mol. The molecule has 0 saturated carbocycles. The fourth-order valence-electron chi connectivity index (χ4n) is 2.43. The second-order valence-corrected chi connectivity index (χ2v) is 5.22. The molecule has 2 rings (SSSR count). The quantitative estimate of drug-likeness (QED) is 0.530. The van der Waals surface area contributed by atoms with Gasteiger partial charge >= 0.3 is 0 Å². The van der Waals surface area contributed by atoms with E-state index in [2.05, 4.69) is 0 Å². The van der Waals surface area contributed by atoms with Gasteiger partial charge in [0, 0.05) is 17.2 Å². The highest BCUT2D eigenvalue weighted by Gasteiger charge is 2.12. The van der Waals surface area contributed by atoms with Crippen molar-refractivity contribution in [3.63, 3.8) is 0 Å². The van der Waals surface area contributed by atoms with Gasteiger partial charge in [0.25, 0.3) is 0 Å². The minimum absolute atomic E-state index is 0.178. The molecule has 0 saturated heterocycles. The van der Waals surface area contributed by atoms with Gasteiger partial charge < -0.3 is 23.7 Å². The molecule has 0 heterocycles. The van der Waals surface area contributed by atoms with E-state index < -0.39 is 0 Å². The number of rotatable bonds is 8. The Bertz CT molecular complexity index is 810. The Morgan fingerprint density at radius 2 is 1.23 bits per heavy atom. The Hall–Kier alpha value is -3.15. The van der Waals surface area contributed by atoms with Crippen LogP contribution in [0, 0.1) is 0 Å². The highest BCUT2D eigenvalue weighted by atomic mass is 16.5. The van der Waals surface area contributed by atoms with Gasteiger partial charge in [0.15, 0.2) is 28.8 Å². The van der Waals surface area contributed by atoms with Gasteiger partial charge in [0.1, 0.15) is 5.75 Å². The third-order valence-electron chi connectivity index (χ3n) is 3.82. The molecule has 0 fully saturated rings. The number of carbonyl (C=O) groups excluding carboxylic acids is 1. The Kier molecular flexibility index (Phi) is 6.49. The van der Waals surface area contributed by atoms with Crippen molar-refractivity contribution in [2.24, 2.45) is 0 Å². The Labute approximate surface area is 152 Å². The van der Waals surface area contributed by atoms with E-state index in [0.717, 1.165) is 0 Å². The normalized spacial score (nSPS) is 10.5. The van der Waals surface area contributed by atoms with Crippen LogP contribution in [0.3, 0.4) is 0 Å². The van der Waals surface area contributed by atoms with Crippen LogP contribution in [0.25, 0.3) is 6.08 Å². The van der Waals surface area contributed by atoms with Gasteiger partial charge in [-0.25, -0.2) is 0 Å². The van der Waals surface area contributed by atoms with Crippen molar-refractivity contribution in [2.45, 2.75) is 0 Å². The lowest BCUT2D eigenvalue weighted by molar-refractivity contribution is 0.104. The second-order valence-electron chi connectivity index (χ2n) is 5.22. The number of benzene rings is 2. The molecule has 2 aromatic carbocycles. The van der Waals surface area contributed by atoms with E-state index >= 15 is 0 Å². The van der Waals surface area contributed by atoms with Crippen molar-refractivity contribution in [3.8, 4) is 28.7 Å². The highest BCUT2D eigenvalue weighted by Crippen LogP contribution is 2.35. The largest absolute Gasteiger partial charge is 0.496 e. The number of allylic oxidation sites excluding steroid dienone is 1. The molecule has 0 aliphatic carbocycles. The lowest BCUT2D eigenvalue weighted by Gasteiger charge is -2.12. The highest BCUT2D eigenvalue weighted by molar-refractivity contribution is 6.07. The summed E-state index contributed by atoms with van der Waals surface area (Å²) >= 11 is 0. The van der Waals surface area contributed by atoms with Gasteiger partial charge in [0.2, 0.25) is 0 Å². The van der Waals surface area contributed by atoms with Crippen LogP contribution < -0.4 is 23.7 Å². The summed E-state index contributed by atoms with van der Waals surface area (Å²) in [5.41, 5.74) is 1.18. The van der Waals surface area contributed by atoms with Gasteiger partial charge in [0.05, 0.1) is 35.5 Å². The van der Waals surface area contributed by atoms with Crippen LogP contribution in [0.5, 0.6) is 28.7 Å². The molecule has 0 amide bonds. The van der Waals surface area contributed by atoms with E-state index in [4.69, 9.17) is 23.7 Å². The molecule has 0 aromatic heterocycles. The van der Waals surface area contributed by atoms with Crippen molar-refractivity contribution in [3.05, 3.63) is 47.5 Å². The van der Waals surface area contributed by atoms with Crippen LogP contribution in [0.2, 0.25) is 0 Å². The van der Waals surface area contributed by atoms with E-state index in [1.165, 1.54) is 13.2 Å². The average molecular weight is 358 g/mol. The number of methoxy groups -OCH3 is 5. The first kappa shape index (κ1) is 19.2. The molecule has 26 heavy (non-hydrogen) atoms. The number of ether oxygens (including phenoxy) is 5. The lowest BCUT2D eigenvalue weighted by Crippen LogP contribution is -1.98. The topological polar surface area (TPSA) is 63.2 Å². The first-order valence-electron chi connectivity index (χ1n) is 7.82. The van der Waals surface area contributed by atoms with Crippen molar-refractivity contribution in [2.75, 3.05) is 35.5 Å². The third-order valence-corrected chi connectivity index (χ3v) is 3.82. The van der Waals surface area contributed by atoms with Gasteiger partial charge in [-0.05, 0) is 36.4 Å². The monoisotopic (exact) mass is 358 g/mol. The molecule has 0 radical (unpaired) electrons. The van der Waals surface area contributed by atoms with E-state index in [1.54, 1.807) is 64.8 Å². The fourth-order valence-corrected chi connectivity index (χ4v) is 2.43. The molecule has 0 bridgehead atoms. The molecule has 0 atom stereocenters. The van der Waals surface area contributed by atoms with E-state index in [0.29, 0.717) is 39.9 Å². The maximum absolute atomic E-state index is 12.5. The smallest absolute Gasteiger partial charge is 0.185 e. The molecule has 0 unspecified atom stereocenters. The molecule has 138 valence electrons. The summed E-state index contributed by atoms with van der Waals surface area (Å²) in [5, 5.41) is 0. The zero-order chi connectivity index (χ0) is 19.1. The summed E-state index contributed by atoms with van der Waals surface area (Å²) in [6, 6.07) is 8.46. The van der Waals surface area contributed by atoms with Crippen LogP contribution in [-0.2, 0) is 0 Å². The fraction of sp³-hybridized carbons (Fsp3) is 0.250. The average Bonchev–Trinajstić information content (AvgIpc) is 2.70. The molecule has 2 aromatic rings. The van der Waals surface area contributed by atoms with Crippen molar-refractivity contribution >= 4 is 11.9 Å². The van der Waals surface area contributed by atoms with Crippen LogP contribution in [-0.4, -0.2) is 41.3 Å². The van der Waals surface area contributed by atoms with Gasteiger partial charge in [-0.15, -0.1) is 0 Å². The number of ketones is 1. The van der Waals surface area contributed by atoms with Crippen molar-refractivity contribution in [1.29, 1.82) is 0 Å². The summed E-state index contributed by atoms with van der Waals surface area (Å²) in [6.45, 7) is 0. The summed E-state index contributed by atoms with van der Waals surface area (Å²) < 4.78 is 26.3. The Balaban J connectivity index is 2.33. The van der Waals surface area contributed by atoms with Gasteiger partial charge in [-0.2, -0.15) is 0 Å². The number of carbonyl (C=O) groups is 1. The Morgan fingerprint density at radius 1 is 0.692 bits per heavy atom. The number of hydrogen-bond acceptors (Lipinski definition) is 6. The summed E-state index contributed by atoms with van der Waals surface area (Å²) in [4.78, 5) is 12.5. The Morgan fingerprint density at radius 3 is 1.81 bits per heavy atom. The van der Waals surface area contributed by atoms with Gasteiger partial charge in [-0.1, -0.05) is 0 Å². The zero-order valence-electron chi connectivity index (χ0n) is 15.5. The molecule has 6 nitrogen and oxygen atoms in total. The zero-order valence-corrected chi connectivity index (χ0v) is 15.5. The predicted molar refractivity (Wildman–Crippen MR) is 99.0 cm³/mol. The molecular formula is C20H22O6. The van der Waals surface area contributed by atoms with Crippen LogP contribution >= 0.6 is 0 Å². The third kappa shape index (κ3) is 4.08. The second kappa shape index (κ2) is 8.80. The summed E-state index contributed by atoms with van der Waals surface area (Å²) in [5.74, 6) is 2.55.